The molecule has 1 aliphatic heterocycles. The van der Waals surface area contributed by atoms with Crippen molar-refractivity contribution in [3.63, 3.8) is 0 Å². The van der Waals surface area contributed by atoms with E-state index in [0.29, 0.717) is 26.2 Å². The van der Waals surface area contributed by atoms with Gasteiger partial charge in [0.15, 0.2) is 0 Å². The van der Waals surface area contributed by atoms with Gasteiger partial charge in [-0.05, 0) is 54.4 Å². The first-order valence-electron chi connectivity index (χ1n) is 11.5. The molecule has 1 aromatic heterocycles. The van der Waals surface area contributed by atoms with Crippen LogP contribution in [0.1, 0.15) is 80.3 Å². The van der Waals surface area contributed by atoms with Crippen LogP contribution >= 0.6 is 0 Å². The highest BCUT2D eigenvalue weighted by Crippen LogP contribution is 2.32. The first-order valence-corrected chi connectivity index (χ1v) is 11.5. The van der Waals surface area contributed by atoms with Crippen LogP contribution in [0.15, 0.2) is 6.20 Å². The fraction of sp³-hybridized carbons (Fsp3) is 0.870. The van der Waals surface area contributed by atoms with Gasteiger partial charge in [0.1, 0.15) is 5.69 Å². The van der Waals surface area contributed by atoms with Crippen LogP contribution in [0.25, 0.3) is 0 Å². The van der Waals surface area contributed by atoms with E-state index in [1.165, 1.54) is 0 Å². The average molecular weight is 439 g/mol. The van der Waals surface area contributed by atoms with Crippen molar-refractivity contribution >= 4 is 5.91 Å². The van der Waals surface area contributed by atoms with E-state index >= 15 is 0 Å². The predicted molar refractivity (Wildman–Crippen MR) is 120 cm³/mol. The van der Waals surface area contributed by atoms with E-state index in [0.717, 1.165) is 18.5 Å². The van der Waals surface area contributed by atoms with Crippen LogP contribution < -0.4 is 5.32 Å². The fourth-order valence-corrected chi connectivity index (χ4v) is 4.13. The van der Waals surface area contributed by atoms with Gasteiger partial charge in [-0.15, -0.1) is 5.10 Å². The summed E-state index contributed by atoms with van der Waals surface area (Å²) in [5.74, 6) is 0.0477. The summed E-state index contributed by atoms with van der Waals surface area (Å²) in [4.78, 5) is 12.6. The van der Waals surface area contributed by atoms with Crippen LogP contribution in [0, 0.1) is 5.41 Å². The Kier molecular flexibility index (Phi) is 9.03. The lowest BCUT2D eigenvalue weighted by Crippen LogP contribution is -2.44. The van der Waals surface area contributed by atoms with Crippen molar-refractivity contribution in [1.29, 1.82) is 0 Å². The SMILES string of the molecule is CC(C)NC(=O)C(C)(C)CC(C)(C)n1cc(COC[C@H]2C[C@H](OC(C)C)CCO2)nn1. The lowest BCUT2D eigenvalue weighted by atomic mass is 9.79. The lowest BCUT2D eigenvalue weighted by molar-refractivity contribution is -0.131. The van der Waals surface area contributed by atoms with Gasteiger partial charge in [0.25, 0.3) is 0 Å². The predicted octanol–water partition coefficient (Wildman–Crippen LogP) is 3.44. The number of nitrogens with zero attached hydrogens (tertiary/aromatic N) is 3. The zero-order valence-electron chi connectivity index (χ0n) is 20.6. The molecule has 2 rings (SSSR count). The van der Waals surface area contributed by atoms with Crippen molar-refractivity contribution in [2.45, 2.75) is 111 Å². The molecule has 0 spiro atoms. The Hall–Kier alpha value is -1.51. The molecule has 2 atom stereocenters. The van der Waals surface area contributed by atoms with Crippen LogP contribution in [-0.2, 0) is 31.2 Å². The van der Waals surface area contributed by atoms with Crippen LogP contribution in [0.3, 0.4) is 0 Å². The number of amides is 1. The Balaban J connectivity index is 1.86. The van der Waals surface area contributed by atoms with Crippen molar-refractivity contribution in [3.8, 4) is 0 Å². The Morgan fingerprint density at radius 2 is 2.00 bits per heavy atom. The molecule has 0 aromatic carbocycles. The van der Waals surface area contributed by atoms with E-state index in [-0.39, 0.29) is 35.8 Å². The van der Waals surface area contributed by atoms with E-state index in [1.54, 1.807) is 0 Å². The van der Waals surface area contributed by atoms with Gasteiger partial charge in [0.05, 0.1) is 43.3 Å². The molecule has 8 heteroatoms. The molecule has 1 aliphatic rings. The number of nitrogens with one attached hydrogen (secondary N) is 1. The smallest absolute Gasteiger partial charge is 0.225 e. The van der Waals surface area contributed by atoms with E-state index in [4.69, 9.17) is 14.2 Å². The molecule has 1 aromatic rings. The maximum atomic E-state index is 12.6. The number of carbonyl (C=O) groups is 1. The van der Waals surface area contributed by atoms with Crippen molar-refractivity contribution in [2.24, 2.45) is 5.41 Å². The number of rotatable bonds is 11. The first kappa shape index (κ1) is 25.7. The average Bonchev–Trinajstić information content (AvgIpc) is 3.10. The molecule has 31 heavy (non-hydrogen) atoms. The van der Waals surface area contributed by atoms with Gasteiger partial charge < -0.3 is 19.5 Å². The highest BCUT2D eigenvalue weighted by Gasteiger charge is 2.36. The fourth-order valence-electron chi connectivity index (χ4n) is 4.13. The molecule has 1 N–H and O–H groups in total. The van der Waals surface area contributed by atoms with Crippen LogP contribution in [0.4, 0.5) is 0 Å². The normalized spacial score (nSPS) is 20.5. The minimum Gasteiger partial charge on any atom is -0.376 e. The number of carbonyl (C=O) groups excluding carboxylic acids is 1. The highest BCUT2D eigenvalue weighted by atomic mass is 16.5. The zero-order valence-corrected chi connectivity index (χ0v) is 20.6. The summed E-state index contributed by atoms with van der Waals surface area (Å²) in [6, 6.07) is 0.116. The quantitative estimate of drug-likeness (QED) is 0.569. The van der Waals surface area contributed by atoms with Gasteiger partial charge in [-0.2, -0.15) is 0 Å². The summed E-state index contributed by atoms with van der Waals surface area (Å²) in [6.45, 7) is 17.7. The Bertz CT molecular complexity index is 700. The summed E-state index contributed by atoms with van der Waals surface area (Å²) >= 11 is 0. The maximum Gasteiger partial charge on any atom is 0.225 e. The largest absolute Gasteiger partial charge is 0.376 e. The lowest BCUT2D eigenvalue weighted by Gasteiger charge is -2.34. The third-order valence-electron chi connectivity index (χ3n) is 5.41. The Morgan fingerprint density at radius 3 is 2.65 bits per heavy atom. The van der Waals surface area contributed by atoms with Gasteiger partial charge >= 0.3 is 0 Å². The van der Waals surface area contributed by atoms with Crippen LogP contribution in [0.2, 0.25) is 0 Å². The molecule has 2 heterocycles. The summed E-state index contributed by atoms with van der Waals surface area (Å²) in [7, 11) is 0. The third-order valence-corrected chi connectivity index (χ3v) is 5.41. The molecule has 0 saturated carbocycles. The molecule has 1 saturated heterocycles. The molecule has 0 bridgehead atoms. The van der Waals surface area contributed by atoms with Gasteiger partial charge in [-0.1, -0.05) is 19.1 Å². The summed E-state index contributed by atoms with van der Waals surface area (Å²) < 4.78 is 19.4. The van der Waals surface area contributed by atoms with Gasteiger partial charge in [-0.3, -0.25) is 4.79 Å². The number of hydrogen-bond donors (Lipinski definition) is 1. The van der Waals surface area contributed by atoms with Crippen molar-refractivity contribution in [3.05, 3.63) is 11.9 Å². The highest BCUT2D eigenvalue weighted by molar-refractivity contribution is 5.82. The number of hydrogen-bond acceptors (Lipinski definition) is 6. The Labute approximate surface area is 187 Å². The van der Waals surface area contributed by atoms with E-state index in [1.807, 2.05) is 38.6 Å². The zero-order chi connectivity index (χ0) is 23.2. The summed E-state index contributed by atoms with van der Waals surface area (Å²) in [5, 5.41) is 11.6. The minimum absolute atomic E-state index is 0.0456. The molecule has 1 fully saturated rings. The van der Waals surface area contributed by atoms with Gasteiger partial charge in [0.2, 0.25) is 5.91 Å². The van der Waals surface area contributed by atoms with Gasteiger partial charge in [0, 0.05) is 24.5 Å². The minimum atomic E-state index is -0.525. The molecular formula is C23H42N4O4. The second kappa shape index (κ2) is 10.9. The molecule has 0 radical (unpaired) electrons. The van der Waals surface area contributed by atoms with Crippen molar-refractivity contribution < 1.29 is 19.0 Å². The number of aromatic nitrogens is 3. The summed E-state index contributed by atoms with van der Waals surface area (Å²) in [5.41, 5.74) is -0.122. The molecule has 0 unspecified atom stereocenters. The molecule has 178 valence electrons. The Morgan fingerprint density at radius 1 is 1.29 bits per heavy atom. The molecule has 1 amide bonds. The standard InChI is InChI=1S/C23H42N4O4/c1-16(2)24-21(28)22(5,6)15-23(7,8)27-12-18(25-26-27)13-29-14-20-11-19(9-10-30-20)31-17(3)4/h12,16-17,19-20H,9-11,13-15H2,1-8H3,(H,24,28)/t19-,20-/m1/s1. The first-order chi connectivity index (χ1) is 14.4. The van der Waals surface area contributed by atoms with Crippen molar-refractivity contribution in [1.82, 2.24) is 20.3 Å². The second-order valence-corrected chi connectivity index (χ2v) is 10.5. The van der Waals surface area contributed by atoms with E-state index < -0.39 is 5.41 Å². The van der Waals surface area contributed by atoms with Gasteiger partial charge in [-0.25, -0.2) is 4.68 Å². The van der Waals surface area contributed by atoms with Crippen molar-refractivity contribution in [2.75, 3.05) is 13.2 Å². The van der Waals surface area contributed by atoms with E-state index in [9.17, 15) is 4.79 Å². The second-order valence-electron chi connectivity index (χ2n) is 10.5. The van der Waals surface area contributed by atoms with E-state index in [2.05, 4.69) is 43.3 Å². The molecular weight excluding hydrogens is 396 g/mol. The molecule has 8 nitrogen and oxygen atoms in total. The summed E-state index contributed by atoms with van der Waals surface area (Å²) in [6.07, 6.45) is 4.83. The monoisotopic (exact) mass is 438 g/mol. The number of ether oxygens (including phenoxy) is 3. The molecule has 0 aliphatic carbocycles. The maximum absolute atomic E-state index is 12.6. The van der Waals surface area contributed by atoms with Crippen LogP contribution in [-0.4, -0.2) is 58.5 Å². The third kappa shape index (κ3) is 8.16. The topological polar surface area (TPSA) is 87.5 Å². The van der Waals surface area contributed by atoms with Crippen LogP contribution in [0.5, 0.6) is 0 Å².